The van der Waals surface area contributed by atoms with Gasteiger partial charge in [-0.05, 0) is 73.6 Å². The van der Waals surface area contributed by atoms with E-state index in [1.807, 2.05) is 0 Å². The van der Waals surface area contributed by atoms with Gasteiger partial charge in [-0.1, -0.05) is 6.58 Å². The maximum absolute atomic E-state index is 10.3. The van der Waals surface area contributed by atoms with Gasteiger partial charge in [0.2, 0.25) is 0 Å². The number of hydrogen-bond acceptors (Lipinski definition) is 2. The van der Waals surface area contributed by atoms with Crippen molar-refractivity contribution in [2.45, 2.75) is 38.5 Å². The average molecular weight is 241 g/mol. The van der Waals surface area contributed by atoms with Crippen molar-refractivity contribution in [3.63, 3.8) is 0 Å². The smallest absolute Gasteiger partial charge is 0.124 e. The fraction of sp³-hybridized carbons (Fsp3) is 0.375. The zero-order valence-electron chi connectivity index (χ0n) is 10.6. The minimum Gasteiger partial charge on any atom is -0.507 e. The Labute approximate surface area is 108 Å². The Morgan fingerprint density at radius 3 is 2.39 bits per heavy atom. The molecule has 0 aromatic heterocycles. The third-order valence-electron chi connectivity index (χ3n) is 3.83. The Bertz CT molecular complexity index is 522. The molecule has 94 valence electrons. The zero-order chi connectivity index (χ0) is 12.5. The molecule has 2 aliphatic rings. The monoisotopic (exact) mass is 241 g/mol. The van der Waals surface area contributed by atoms with Crippen molar-refractivity contribution < 1.29 is 5.11 Å². The van der Waals surface area contributed by atoms with Gasteiger partial charge in [-0.25, -0.2) is 0 Å². The summed E-state index contributed by atoms with van der Waals surface area (Å²) in [6.45, 7) is 3.72. The number of anilines is 1. The molecule has 0 atom stereocenters. The number of hydrogen-bond donors (Lipinski definition) is 2. The van der Waals surface area contributed by atoms with E-state index in [9.17, 15) is 5.11 Å². The van der Waals surface area contributed by atoms with E-state index in [2.05, 4.69) is 24.0 Å². The van der Waals surface area contributed by atoms with Crippen molar-refractivity contribution in [2.24, 2.45) is 0 Å². The summed E-state index contributed by atoms with van der Waals surface area (Å²) >= 11 is 0. The third-order valence-corrected chi connectivity index (χ3v) is 3.83. The normalized spacial score (nSPS) is 17.0. The van der Waals surface area contributed by atoms with Crippen LogP contribution in [0.1, 0.15) is 42.4 Å². The number of aryl methyl sites for hydroxylation is 2. The molecular formula is C16H19NO. The van der Waals surface area contributed by atoms with E-state index < -0.39 is 0 Å². The molecule has 1 saturated carbocycles. The molecule has 0 saturated heterocycles. The molecule has 0 amide bonds. The molecule has 0 radical (unpaired) electrons. The third kappa shape index (κ3) is 2.03. The Morgan fingerprint density at radius 2 is 1.78 bits per heavy atom. The van der Waals surface area contributed by atoms with Crippen LogP contribution in [-0.4, -0.2) is 5.11 Å². The van der Waals surface area contributed by atoms with Gasteiger partial charge in [0.05, 0.1) is 0 Å². The molecule has 0 heterocycles. The minimum absolute atomic E-state index is 0.479. The fourth-order valence-corrected chi connectivity index (χ4v) is 2.70. The fourth-order valence-electron chi connectivity index (χ4n) is 2.70. The predicted molar refractivity (Wildman–Crippen MR) is 75.7 cm³/mol. The lowest BCUT2D eigenvalue weighted by atomic mass is 9.89. The highest BCUT2D eigenvalue weighted by Gasteiger charge is 2.22. The van der Waals surface area contributed by atoms with Gasteiger partial charge in [0, 0.05) is 11.3 Å². The molecule has 2 N–H and O–H groups in total. The topological polar surface area (TPSA) is 32.3 Å². The van der Waals surface area contributed by atoms with Gasteiger partial charge in [0.25, 0.3) is 0 Å². The molecule has 18 heavy (non-hydrogen) atoms. The van der Waals surface area contributed by atoms with Crippen LogP contribution in [0, 0.1) is 0 Å². The van der Waals surface area contributed by atoms with Gasteiger partial charge in [-0.15, -0.1) is 0 Å². The van der Waals surface area contributed by atoms with E-state index in [4.69, 9.17) is 0 Å². The molecule has 2 heteroatoms. The number of aliphatic hydroxyl groups excluding tert-OH is 1. The summed E-state index contributed by atoms with van der Waals surface area (Å²) in [5.74, 6) is 0.479. The molecular weight excluding hydrogens is 222 g/mol. The van der Waals surface area contributed by atoms with E-state index in [1.54, 1.807) is 6.20 Å². The molecule has 3 rings (SSSR count). The SMILES string of the molecule is C=CNc1cc2c(cc1C(O)=C1CC1)CCCC2. The van der Waals surface area contributed by atoms with Gasteiger partial charge in [-0.3, -0.25) is 0 Å². The summed E-state index contributed by atoms with van der Waals surface area (Å²) in [4.78, 5) is 0. The Kier molecular flexibility index (Phi) is 2.86. The first kappa shape index (κ1) is 11.4. The number of benzene rings is 1. The molecule has 2 nitrogen and oxygen atoms in total. The van der Waals surface area contributed by atoms with E-state index in [0.717, 1.165) is 36.9 Å². The lowest BCUT2D eigenvalue weighted by Gasteiger charge is -2.19. The standard InChI is InChI=1S/C16H19NO/c1-2-17-15-10-13-6-4-3-5-12(13)9-14(15)16(18)11-7-8-11/h2,9-10,17-18H,1,3-8H2. The Morgan fingerprint density at radius 1 is 1.11 bits per heavy atom. The van der Waals surface area contributed by atoms with Crippen LogP contribution >= 0.6 is 0 Å². The second-order valence-electron chi connectivity index (χ2n) is 5.17. The van der Waals surface area contributed by atoms with Gasteiger partial charge < -0.3 is 10.4 Å². The number of nitrogens with one attached hydrogen (secondary N) is 1. The van der Waals surface area contributed by atoms with Crippen molar-refractivity contribution in [3.8, 4) is 0 Å². The van der Waals surface area contributed by atoms with Crippen LogP contribution in [-0.2, 0) is 12.8 Å². The number of allylic oxidation sites excluding steroid dienone is 1. The minimum atomic E-state index is 0.479. The van der Waals surface area contributed by atoms with Crippen molar-refractivity contribution >= 4 is 11.4 Å². The van der Waals surface area contributed by atoms with Gasteiger partial charge in [0.15, 0.2) is 0 Å². The van der Waals surface area contributed by atoms with Crippen molar-refractivity contribution in [1.29, 1.82) is 0 Å². The van der Waals surface area contributed by atoms with Gasteiger partial charge in [-0.2, -0.15) is 0 Å². The summed E-state index contributed by atoms with van der Waals surface area (Å²) < 4.78 is 0. The van der Waals surface area contributed by atoms with Crippen LogP contribution < -0.4 is 5.32 Å². The predicted octanol–water partition coefficient (Wildman–Crippen LogP) is 4.18. The molecule has 0 spiro atoms. The zero-order valence-corrected chi connectivity index (χ0v) is 10.6. The number of fused-ring (bicyclic) bond motifs is 1. The van der Waals surface area contributed by atoms with E-state index >= 15 is 0 Å². The van der Waals surface area contributed by atoms with Gasteiger partial charge in [0.1, 0.15) is 5.76 Å². The highest BCUT2D eigenvalue weighted by molar-refractivity contribution is 5.77. The maximum atomic E-state index is 10.3. The van der Waals surface area contributed by atoms with Crippen LogP contribution in [0.2, 0.25) is 0 Å². The highest BCUT2D eigenvalue weighted by Crippen LogP contribution is 2.39. The quantitative estimate of drug-likeness (QED) is 0.778. The van der Waals surface area contributed by atoms with Crippen LogP contribution in [0.15, 0.2) is 30.5 Å². The summed E-state index contributed by atoms with van der Waals surface area (Å²) in [5, 5.41) is 13.4. The summed E-state index contributed by atoms with van der Waals surface area (Å²) in [6, 6.07) is 4.35. The lowest BCUT2D eigenvalue weighted by molar-refractivity contribution is 0.509. The van der Waals surface area contributed by atoms with Crippen molar-refractivity contribution in [1.82, 2.24) is 0 Å². The maximum Gasteiger partial charge on any atom is 0.124 e. The number of aliphatic hydroxyl groups is 1. The molecule has 0 unspecified atom stereocenters. The molecule has 1 aromatic rings. The lowest BCUT2D eigenvalue weighted by Crippen LogP contribution is -2.06. The average Bonchev–Trinajstić information content (AvgIpc) is 3.22. The van der Waals surface area contributed by atoms with E-state index in [-0.39, 0.29) is 0 Å². The van der Waals surface area contributed by atoms with Crippen LogP contribution in [0.5, 0.6) is 0 Å². The second kappa shape index (κ2) is 4.52. The first-order valence-electron chi connectivity index (χ1n) is 6.74. The largest absolute Gasteiger partial charge is 0.507 e. The summed E-state index contributed by atoms with van der Waals surface area (Å²) in [6.07, 6.45) is 8.58. The summed E-state index contributed by atoms with van der Waals surface area (Å²) in [5.41, 5.74) is 5.94. The second-order valence-corrected chi connectivity index (χ2v) is 5.17. The van der Waals surface area contributed by atoms with Crippen molar-refractivity contribution in [2.75, 3.05) is 5.32 Å². The molecule has 2 aliphatic carbocycles. The van der Waals surface area contributed by atoms with Crippen LogP contribution in [0.4, 0.5) is 5.69 Å². The van der Waals surface area contributed by atoms with Crippen LogP contribution in [0.25, 0.3) is 5.76 Å². The molecule has 0 aliphatic heterocycles. The molecule has 0 bridgehead atoms. The molecule has 1 aromatic carbocycles. The van der Waals surface area contributed by atoms with Crippen LogP contribution in [0.3, 0.4) is 0 Å². The van der Waals surface area contributed by atoms with E-state index in [1.165, 1.54) is 29.5 Å². The highest BCUT2D eigenvalue weighted by atomic mass is 16.3. The summed E-state index contributed by atoms with van der Waals surface area (Å²) in [7, 11) is 0. The molecule has 1 fully saturated rings. The first-order valence-corrected chi connectivity index (χ1v) is 6.74. The van der Waals surface area contributed by atoms with Crippen molar-refractivity contribution in [3.05, 3.63) is 47.2 Å². The van der Waals surface area contributed by atoms with Gasteiger partial charge >= 0.3 is 0 Å². The van der Waals surface area contributed by atoms with E-state index in [0.29, 0.717) is 5.76 Å². The Hall–Kier alpha value is -1.70. The Balaban J connectivity index is 2.09. The number of rotatable bonds is 3. The first-order chi connectivity index (χ1) is 8.79.